The van der Waals surface area contributed by atoms with Crippen molar-refractivity contribution in [2.45, 2.75) is 25.7 Å². The number of carbonyl (C=O) groups excluding carboxylic acids is 2. The first kappa shape index (κ1) is 22.0. The Balaban J connectivity index is 1.42. The Labute approximate surface area is 185 Å². The van der Waals surface area contributed by atoms with E-state index in [4.69, 9.17) is 17.0 Å². The van der Waals surface area contributed by atoms with E-state index in [0.717, 1.165) is 30.6 Å². The lowest BCUT2D eigenvalue weighted by atomic mass is 10.1. The van der Waals surface area contributed by atoms with E-state index in [9.17, 15) is 9.59 Å². The summed E-state index contributed by atoms with van der Waals surface area (Å²) >= 11 is 6.70. The highest BCUT2D eigenvalue weighted by atomic mass is 32.2. The number of pyridine rings is 1. The number of unbranched alkanes of at least 4 members (excludes halogenated alkanes) is 2. The first-order chi connectivity index (χ1) is 14.6. The van der Waals surface area contributed by atoms with Crippen LogP contribution >= 0.6 is 24.0 Å². The van der Waals surface area contributed by atoms with Gasteiger partial charge < -0.3 is 10.1 Å². The molecule has 1 N–H and O–H groups in total. The third-order valence-electron chi connectivity index (χ3n) is 4.51. The molecule has 156 valence electrons. The van der Waals surface area contributed by atoms with Gasteiger partial charge in [-0.05, 0) is 48.7 Å². The summed E-state index contributed by atoms with van der Waals surface area (Å²) in [5, 5.41) is 2.77. The fourth-order valence-electron chi connectivity index (χ4n) is 2.92. The van der Waals surface area contributed by atoms with Crippen molar-refractivity contribution in [2.24, 2.45) is 0 Å². The second-order valence-corrected chi connectivity index (χ2v) is 8.36. The fourth-order valence-corrected chi connectivity index (χ4v) is 4.23. The maximum atomic E-state index is 12.7. The maximum absolute atomic E-state index is 12.7. The van der Waals surface area contributed by atoms with Crippen LogP contribution in [0, 0.1) is 0 Å². The van der Waals surface area contributed by atoms with E-state index < -0.39 is 0 Å². The molecule has 0 atom stereocenters. The number of carbonyl (C=O) groups is 2. The number of thiocarbonyl (C=S) groups is 1. The van der Waals surface area contributed by atoms with Gasteiger partial charge in [-0.25, -0.2) is 4.98 Å². The average molecular weight is 442 g/mol. The van der Waals surface area contributed by atoms with Gasteiger partial charge in [-0.3, -0.25) is 14.5 Å². The van der Waals surface area contributed by atoms with Gasteiger partial charge in [0, 0.05) is 19.2 Å². The monoisotopic (exact) mass is 441 g/mol. The van der Waals surface area contributed by atoms with E-state index in [1.165, 1.54) is 11.8 Å². The molecule has 1 saturated heterocycles. The van der Waals surface area contributed by atoms with Gasteiger partial charge in [-0.1, -0.05) is 48.6 Å². The molecule has 0 radical (unpaired) electrons. The Kier molecular flexibility index (Phi) is 7.98. The summed E-state index contributed by atoms with van der Waals surface area (Å²) in [4.78, 5) is 31.0. The smallest absolute Gasteiger partial charge is 0.266 e. The first-order valence-electron chi connectivity index (χ1n) is 9.67. The zero-order chi connectivity index (χ0) is 21.3. The molecule has 0 unspecified atom stereocenters. The van der Waals surface area contributed by atoms with Crippen LogP contribution in [-0.4, -0.2) is 39.7 Å². The standard InChI is InChI=1S/C22H23N3O3S2/c1-28-17-11-9-16(10-12-17)15-18-21(27)25(22(29)30-18)14-6-2-3-8-20(26)24-19-7-4-5-13-23-19/h4-5,7,9-13,15H,2-3,6,8,14H2,1H3,(H,23,24,26). The molecular formula is C22H23N3O3S2. The van der Waals surface area contributed by atoms with Crippen molar-refractivity contribution >= 4 is 52.0 Å². The lowest BCUT2D eigenvalue weighted by Gasteiger charge is -2.14. The van der Waals surface area contributed by atoms with Crippen molar-refractivity contribution in [3.8, 4) is 5.75 Å². The summed E-state index contributed by atoms with van der Waals surface area (Å²) in [6.07, 6.45) is 6.28. The molecule has 1 aromatic heterocycles. The molecule has 1 aliphatic rings. The van der Waals surface area contributed by atoms with Crippen LogP contribution in [0.4, 0.5) is 5.82 Å². The molecule has 0 aliphatic carbocycles. The van der Waals surface area contributed by atoms with Crippen molar-refractivity contribution in [1.82, 2.24) is 9.88 Å². The van der Waals surface area contributed by atoms with Crippen LogP contribution < -0.4 is 10.1 Å². The summed E-state index contributed by atoms with van der Waals surface area (Å²) in [6.45, 7) is 0.562. The summed E-state index contributed by atoms with van der Waals surface area (Å²) in [5.41, 5.74) is 0.926. The summed E-state index contributed by atoms with van der Waals surface area (Å²) < 4.78 is 5.73. The molecular weight excluding hydrogens is 418 g/mol. The molecule has 2 aromatic rings. The van der Waals surface area contributed by atoms with Crippen LogP contribution in [0.3, 0.4) is 0 Å². The number of rotatable bonds is 9. The van der Waals surface area contributed by atoms with Crippen LogP contribution in [0.1, 0.15) is 31.2 Å². The van der Waals surface area contributed by atoms with Gasteiger partial charge in [0.05, 0.1) is 12.0 Å². The number of anilines is 1. The second-order valence-electron chi connectivity index (χ2n) is 6.68. The SMILES string of the molecule is COc1ccc(C=C2SC(=S)N(CCCCCC(=O)Nc3ccccn3)C2=O)cc1. The van der Waals surface area contributed by atoms with Crippen LogP contribution in [0.2, 0.25) is 0 Å². The molecule has 0 bridgehead atoms. The number of hydrogen-bond donors (Lipinski definition) is 1. The Hall–Kier alpha value is -2.71. The van der Waals surface area contributed by atoms with E-state index in [2.05, 4.69) is 10.3 Å². The Bertz CT molecular complexity index is 930. The third kappa shape index (κ3) is 6.14. The van der Waals surface area contributed by atoms with Crippen LogP contribution in [0.25, 0.3) is 6.08 Å². The molecule has 30 heavy (non-hydrogen) atoms. The summed E-state index contributed by atoms with van der Waals surface area (Å²) in [6, 6.07) is 12.9. The molecule has 0 saturated carbocycles. The van der Waals surface area contributed by atoms with Gasteiger partial charge in [-0.2, -0.15) is 0 Å². The van der Waals surface area contributed by atoms with Gasteiger partial charge in [0.1, 0.15) is 15.9 Å². The average Bonchev–Trinajstić information content (AvgIpc) is 3.02. The van der Waals surface area contributed by atoms with Crippen molar-refractivity contribution in [3.05, 3.63) is 59.1 Å². The van der Waals surface area contributed by atoms with Crippen molar-refractivity contribution in [1.29, 1.82) is 0 Å². The molecule has 0 spiro atoms. The largest absolute Gasteiger partial charge is 0.497 e. The zero-order valence-electron chi connectivity index (χ0n) is 16.7. The minimum Gasteiger partial charge on any atom is -0.497 e. The Morgan fingerprint density at radius 2 is 2.00 bits per heavy atom. The minimum absolute atomic E-state index is 0.0539. The first-order valence-corrected chi connectivity index (χ1v) is 10.9. The molecule has 1 aliphatic heterocycles. The minimum atomic E-state index is -0.0614. The Morgan fingerprint density at radius 1 is 1.20 bits per heavy atom. The number of ether oxygens (including phenoxy) is 1. The Morgan fingerprint density at radius 3 is 2.70 bits per heavy atom. The van der Waals surface area contributed by atoms with Crippen LogP contribution in [0.5, 0.6) is 5.75 Å². The van der Waals surface area contributed by atoms with Gasteiger partial charge in [0.2, 0.25) is 5.91 Å². The number of nitrogens with one attached hydrogen (secondary N) is 1. The van der Waals surface area contributed by atoms with E-state index in [1.54, 1.807) is 30.3 Å². The van der Waals surface area contributed by atoms with Crippen molar-refractivity contribution in [3.63, 3.8) is 0 Å². The van der Waals surface area contributed by atoms with E-state index in [1.807, 2.05) is 36.4 Å². The predicted octanol–water partition coefficient (Wildman–Crippen LogP) is 4.49. The van der Waals surface area contributed by atoms with E-state index >= 15 is 0 Å². The molecule has 8 heteroatoms. The normalized spacial score (nSPS) is 15.0. The predicted molar refractivity (Wildman–Crippen MR) is 124 cm³/mol. The topological polar surface area (TPSA) is 71.5 Å². The number of aromatic nitrogens is 1. The number of thioether (sulfide) groups is 1. The van der Waals surface area contributed by atoms with E-state index in [-0.39, 0.29) is 11.8 Å². The lowest BCUT2D eigenvalue weighted by Crippen LogP contribution is -2.29. The molecule has 1 aromatic carbocycles. The maximum Gasteiger partial charge on any atom is 0.266 e. The highest BCUT2D eigenvalue weighted by molar-refractivity contribution is 8.26. The quantitative estimate of drug-likeness (QED) is 0.351. The number of benzene rings is 1. The fraction of sp³-hybridized carbons (Fsp3) is 0.273. The number of amides is 2. The lowest BCUT2D eigenvalue weighted by molar-refractivity contribution is -0.122. The second kappa shape index (κ2) is 10.9. The molecule has 2 heterocycles. The highest BCUT2D eigenvalue weighted by Crippen LogP contribution is 2.33. The third-order valence-corrected chi connectivity index (χ3v) is 5.88. The van der Waals surface area contributed by atoms with Gasteiger partial charge in [-0.15, -0.1) is 0 Å². The summed E-state index contributed by atoms with van der Waals surface area (Å²) in [7, 11) is 1.62. The molecule has 6 nitrogen and oxygen atoms in total. The number of hydrogen-bond acceptors (Lipinski definition) is 6. The van der Waals surface area contributed by atoms with Crippen molar-refractivity contribution in [2.75, 3.05) is 19.0 Å². The molecule has 3 rings (SSSR count). The number of methoxy groups -OCH3 is 1. The molecule has 2 amide bonds. The van der Waals surface area contributed by atoms with Crippen LogP contribution in [-0.2, 0) is 9.59 Å². The van der Waals surface area contributed by atoms with E-state index in [0.29, 0.717) is 28.0 Å². The number of nitrogens with zero attached hydrogens (tertiary/aromatic N) is 2. The van der Waals surface area contributed by atoms with Crippen molar-refractivity contribution < 1.29 is 14.3 Å². The summed E-state index contributed by atoms with van der Waals surface area (Å²) in [5.74, 6) is 1.22. The highest BCUT2D eigenvalue weighted by Gasteiger charge is 2.31. The molecule has 1 fully saturated rings. The van der Waals surface area contributed by atoms with Gasteiger partial charge in [0.25, 0.3) is 5.91 Å². The van der Waals surface area contributed by atoms with Gasteiger partial charge in [0.15, 0.2) is 0 Å². The zero-order valence-corrected chi connectivity index (χ0v) is 18.3. The van der Waals surface area contributed by atoms with Gasteiger partial charge >= 0.3 is 0 Å². The van der Waals surface area contributed by atoms with Crippen LogP contribution in [0.15, 0.2) is 53.6 Å².